The number of hydrogen-bond acceptors (Lipinski definition) is 3. The minimum atomic E-state index is -0.640. The first-order valence-corrected chi connectivity index (χ1v) is 11.3. The van der Waals surface area contributed by atoms with E-state index in [1.807, 2.05) is 69.3 Å². The molecule has 0 aliphatic carbocycles. The van der Waals surface area contributed by atoms with Crippen LogP contribution in [0.15, 0.2) is 53.0 Å². The van der Waals surface area contributed by atoms with Gasteiger partial charge >= 0.3 is 0 Å². The molecule has 0 fully saturated rings. The normalized spacial score (nSPS) is 12.4. The molecule has 0 heterocycles. The number of hydrogen-bond donors (Lipinski definition) is 1. The van der Waals surface area contributed by atoms with E-state index in [0.29, 0.717) is 12.3 Å². The fourth-order valence-corrected chi connectivity index (χ4v) is 3.42. The van der Waals surface area contributed by atoms with Crippen molar-refractivity contribution in [2.45, 2.75) is 65.6 Å². The molecule has 2 amide bonds. The van der Waals surface area contributed by atoms with E-state index >= 15 is 0 Å². The number of para-hydroxylation sites is 1. The third kappa shape index (κ3) is 7.69. The van der Waals surface area contributed by atoms with Gasteiger partial charge in [0, 0.05) is 16.6 Å². The van der Waals surface area contributed by atoms with Crippen LogP contribution in [-0.4, -0.2) is 34.9 Å². The number of rotatable bonds is 8. The van der Waals surface area contributed by atoms with E-state index in [0.717, 1.165) is 15.6 Å². The van der Waals surface area contributed by atoms with Gasteiger partial charge in [0.05, 0.1) is 0 Å². The predicted octanol–water partition coefficient (Wildman–Crippen LogP) is 5.28. The van der Waals surface area contributed by atoms with Crippen molar-refractivity contribution in [1.82, 2.24) is 10.2 Å². The number of nitrogens with one attached hydrogen (secondary N) is 1. The smallest absolute Gasteiger partial charge is 0.261 e. The van der Waals surface area contributed by atoms with Crippen LogP contribution in [0.25, 0.3) is 0 Å². The number of halogens is 1. The Labute approximate surface area is 194 Å². The second kappa shape index (κ2) is 10.8. The average molecular weight is 489 g/mol. The van der Waals surface area contributed by atoms with Gasteiger partial charge in [-0.25, -0.2) is 0 Å². The van der Waals surface area contributed by atoms with Crippen LogP contribution in [0.1, 0.15) is 58.6 Å². The Morgan fingerprint density at radius 1 is 1.03 bits per heavy atom. The van der Waals surface area contributed by atoms with Gasteiger partial charge in [0.15, 0.2) is 6.61 Å². The van der Waals surface area contributed by atoms with Crippen molar-refractivity contribution in [1.29, 1.82) is 0 Å². The molecule has 31 heavy (non-hydrogen) atoms. The van der Waals surface area contributed by atoms with Crippen molar-refractivity contribution in [3.63, 3.8) is 0 Å². The number of benzene rings is 2. The minimum Gasteiger partial charge on any atom is -0.483 e. The maximum absolute atomic E-state index is 13.2. The van der Waals surface area contributed by atoms with E-state index in [2.05, 4.69) is 35.1 Å². The molecule has 2 rings (SSSR count). The average Bonchev–Trinajstić information content (AvgIpc) is 2.70. The van der Waals surface area contributed by atoms with Crippen molar-refractivity contribution < 1.29 is 14.3 Å². The van der Waals surface area contributed by atoms with Crippen LogP contribution in [-0.2, 0) is 16.1 Å². The van der Waals surface area contributed by atoms with Crippen LogP contribution >= 0.6 is 15.9 Å². The number of carbonyl (C=O) groups is 2. The number of amides is 2. The van der Waals surface area contributed by atoms with Crippen LogP contribution in [0.4, 0.5) is 0 Å². The lowest BCUT2D eigenvalue weighted by atomic mass is 10.0. The quantitative estimate of drug-likeness (QED) is 0.549. The lowest BCUT2D eigenvalue weighted by Crippen LogP contribution is -2.53. The zero-order valence-corrected chi connectivity index (χ0v) is 20.8. The maximum atomic E-state index is 13.2. The molecule has 0 aliphatic rings. The van der Waals surface area contributed by atoms with Gasteiger partial charge < -0.3 is 15.0 Å². The molecule has 2 aromatic rings. The topological polar surface area (TPSA) is 58.6 Å². The summed E-state index contributed by atoms with van der Waals surface area (Å²) in [6, 6.07) is 14.8. The first-order valence-electron chi connectivity index (χ1n) is 10.6. The van der Waals surface area contributed by atoms with Crippen molar-refractivity contribution in [2.24, 2.45) is 0 Å². The SMILES string of the molecule is CC(C)c1ccccc1OCC(=O)N(Cc1ccc(Br)cc1)[C@H](C)C(=O)NC(C)(C)C. The molecule has 1 N–H and O–H groups in total. The largest absolute Gasteiger partial charge is 0.483 e. The Morgan fingerprint density at radius 2 is 1.65 bits per heavy atom. The molecule has 0 unspecified atom stereocenters. The molecule has 5 nitrogen and oxygen atoms in total. The van der Waals surface area contributed by atoms with E-state index < -0.39 is 6.04 Å². The highest BCUT2D eigenvalue weighted by Gasteiger charge is 2.28. The molecule has 0 radical (unpaired) electrons. The second-order valence-electron chi connectivity index (χ2n) is 9.04. The monoisotopic (exact) mass is 488 g/mol. The molecule has 168 valence electrons. The van der Waals surface area contributed by atoms with E-state index in [4.69, 9.17) is 4.74 Å². The Hall–Kier alpha value is -2.34. The first-order chi connectivity index (χ1) is 14.5. The maximum Gasteiger partial charge on any atom is 0.261 e. The number of ether oxygens (including phenoxy) is 1. The van der Waals surface area contributed by atoms with E-state index in [-0.39, 0.29) is 29.9 Å². The lowest BCUT2D eigenvalue weighted by Gasteiger charge is -2.31. The Balaban J connectivity index is 2.21. The van der Waals surface area contributed by atoms with Crippen LogP contribution in [0.5, 0.6) is 5.75 Å². The first kappa shape index (κ1) is 24.9. The van der Waals surface area contributed by atoms with Gasteiger partial charge in [-0.1, -0.05) is 60.1 Å². The molecular formula is C25H33BrN2O3. The van der Waals surface area contributed by atoms with Crippen LogP contribution in [0.2, 0.25) is 0 Å². The van der Waals surface area contributed by atoms with Crippen molar-refractivity contribution in [2.75, 3.05) is 6.61 Å². The number of nitrogens with zero attached hydrogens (tertiary/aromatic N) is 1. The summed E-state index contributed by atoms with van der Waals surface area (Å²) in [5.41, 5.74) is 1.60. The lowest BCUT2D eigenvalue weighted by molar-refractivity contribution is -0.142. The molecule has 2 aromatic carbocycles. The highest BCUT2D eigenvalue weighted by Crippen LogP contribution is 2.26. The van der Waals surface area contributed by atoms with E-state index in [1.165, 1.54) is 0 Å². The Morgan fingerprint density at radius 3 is 2.23 bits per heavy atom. The molecule has 0 aromatic heterocycles. The fourth-order valence-electron chi connectivity index (χ4n) is 3.15. The van der Waals surface area contributed by atoms with Crippen LogP contribution in [0.3, 0.4) is 0 Å². The second-order valence-corrected chi connectivity index (χ2v) is 9.96. The summed E-state index contributed by atoms with van der Waals surface area (Å²) in [7, 11) is 0. The Bertz CT molecular complexity index is 888. The van der Waals surface area contributed by atoms with Gasteiger partial charge in [-0.05, 0) is 62.9 Å². The third-order valence-corrected chi connectivity index (χ3v) is 5.35. The zero-order valence-electron chi connectivity index (χ0n) is 19.2. The molecule has 0 bridgehead atoms. The molecule has 6 heteroatoms. The van der Waals surface area contributed by atoms with Gasteiger partial charge in [0.25, 0.3) is 5.91 Å². The van der Waals surface area contributed by atoms with Gasteiger partial charge in [-0.3, -0.25) is 9.59 Å². The molecule has 1 atom stereocenters. The standard InChI is InChI=1S/C25H33BrN2O3/c1-17(2)21-9-7-8-10-22(21)31-16-23(29)28(15-19-11-13-20(26)14-12-19)18(3)24(30)27-25(4,5)6/h7-14,17-18H,15-16H2,1-6H3,(H,27,30)/t18-/m1/s1. The summed E-state index contributed by atoms with van der Waals surface area (Å²) in [6.45, 7) is 11.9. The number of carbonyl (C=O) groups excluding carboxylic acids is 2. The van der Waals surface area contributed by atoms with Crippen molar-refractivity contribution in [3.05, 3.63) is 64.1 Å². The summed E-state index contributed by atoms with van der Waals surface area (Å²) in [5.74, 6) is 0.543. The Kier molecular flexibility index (Phi) is 8.69. The van der Waals surface area contributed by atoms with Gasteiger partial charge in [0.2, 0.25) is 5.91 Å². The van der Waals surface area contributed by atoms with Crippen LogP contribution in [0, 0.1) is 0 Å². The summed E-state index contributed by atoms with van der Waals surface area (Å²) in [6.07, 6.45) is 0. The molecule has 0 saturated carbocycles. The van der Waals surface area contributed by atoms with Gasteiger partial charge in [0.1, 0.15) is 11.8 Å². The summed E-state index contributed by atoms with van der Waals surface area (Å²) in [5, 5.41) is 2.97. The van der Waals surface area contributed by atoms with E-state index in [9.17, 15) is 9.59 Å². The van der Waals surface area contributed by atoms with Crippen LogP contribution < -0.4 is 10.1 Å². The fraction of sp³-hybridized carbons (Fsp3) is 0.440. The molecule has 0 spiro atoms. The van der Waals surface area contributed by atoms with Gasteiger partial charge in [-0.15, -0.1) is 0 Å². The zero-order chi connectivity index (χ0) is 23.2. The predicted molar refractivity (Wildman–Crippen MR) is 128 cm³/mol. The molecular weight excluding hydrogens is 456 g/mol. The summed E-state index contributed by atoms with van der Waals surface area (Å²) >= 11 is 3.43. The van der Waals surface area contributed by atoms with Crippen molar-refractivity contribution in [3.8, 4) is 5.75 Å². The molecule has 0 aliphatic heterocycles. The summed E-state index contributed by atoms with van der Waals surface area (Å²) in [4.78, 5) is 27.6. The third-order valence-electron chi connectivity index (χ3n) is 4.82. The minimum absolute atomic E-state index is 0.132. The van der Waals surface area contributed by atoms with Crippen molar-refractivity contribution >= 4 is 27.7 Å². The molecule has 0 saturated heterocycles. The summed E-state index contributed by atoms with van der Waals surface area (Å²) < 4.78 is 6.86. The highest BCUT2D eigenvalue weighted by molar-refractivity contribution is 9.10. The van der Waals surface area contributed by atoms with Gasteiger partial charge in [-0.2, -0.15) is 0 Å². The highest BCUT2D eigenvalue weighted by atomic mass is 79.9. The van der Waals surface area contributed by atoms with E-state index in [1.54, 1.807) is 11.8 Å².